The Kier molecular flexibility index (Phi) is 5.00. The molecule has 0 bridgehead atoms. The number of nitrogens with zero attached hydrogens (tertiary/aromatic N) is 2. The predicted molar refractivity (Wildman–Crippen MR) is 87.7 cm³/mol. The molecule has 3 rings (SSSR count). The van der Waals surface area contributed by atoms with E-state index in [0.29, 0.717) is 12.2 Å². The summed E-state index contributed by atoms with van der Waals surface area (Å²) < 4.78 is 40.4. The van der Waals surface area contributed by atoms with Crippen LogP contribution < -0.4 is 5.32 Å². The fraction of sp³-hybridized carbons (Fsp3) is 0.467. The summed E-state index contributed by atoms with van der Waals surface area (Å²) in [5, 5.41) is 8.38. The molecular weight excluding hydrogens is 407 g/mol. The van der Waals surface area contributed by atoms with E-state index in [9.17, 15) is 18.0 Å². The van der Waals surface area contributed by atoms with Crippen LogP contribution in [0.4, 0.5) is 13.2 Å². The van der Waals surface area contributed by atoms with Gasteiger partial charge in [0.2, 0.25) is 5.91 Å². The molecule has 0 radical (unpaired) electrons. The topological polar surface area (TPSA) is 46.9 Å². The highest BCUT2D eigenvalue weighted by atomic mass is 79.9. The summed E-state index contributed by atoms with van der Waals surface area (Å²) in [4.78, 5) is 12.9. The maximum Gasteiger partial charge on any atom is 0.436 e. The van der Waals surface area contributed by atoms with E-state index in [2.05, 4.69) is 26.3 Å². The van der Waals surface area contributed by atoms with E-state index in [4.69, 9.17) is 0 Å². The van der Waals surface area contributed by atoms with Crippen LogP contribution in [0.1, 0.15) is 41.4 Å². The van der Waals surface area contributed by atoms with E-state index in [1.54, 1.807) is 0 Å². The van der Waals surface area contributed by atoms with Crippen molar-refractivity contribution in [3.8, 4) is 0 Å². The van der Waals surface area contributed by atoms with Crippen molar-refractivity contribution in [1.82, 2.24) is 15.1 Å². The molecule has 0 unspecified atom stereocenters. The van der Waals surface area contributed by atoms with Gasteiger partial charge >= 0.3 is 6.18 Å². The number of hydrogen-bond acceptors (Lipinski definition) is 3. The molecule has 2 aromatic heterocycles. The zero-order valence-corrected chi connectivity index (χ0v) is 15.0. The van der Waals surface area contributed by atoms with Gasteiger partial charge in [-0.3, -0.25) is 9.48 Å². The van der Waals surface area contributed by atoms with Gasteiger partial charge in [-0.2, -0.15) is 18.3 Å². The van der Waals surface area contributed by atoms with Crippen LogP contribution in [0, 0.1) is 0 Å². The van der Waals surface area contributed by atoms with Crippen LogP contribution in [0.3, 0.4) is 0 Å². The summed E-state index contributed by atoms with van der Waals surface area (Å²) in [5.41, 5.74) is -0.364. The van der Waals surface area contributed by atoms with Crippen molar-refractivity contribution in [3.63, 3.8) is 0 Å². The van der Waals surface area contributed by atoms with E-state index < -0.39 is 11.9 Å². The van der Waals surface area contributed by atoms with Crippen LogP contribution in [0.25, 0.3) is 0 Å². The Morgan fingerprint density at radius 2 is 2.21 bits per heavy atom. The Balaban J connectivity index is 1.65. The number of nitrogens with one attached hydrogen (secondary N) is 1. The second kappa shape index (κ2) is 6.87. The van der Waals surface area contributed by atoms with Gasteiger partial charge in [-0.15, -0.1) is 11.3 Å². The molecule has 1 aliphatic carbocycles. The molecule has 2 aromatic rings. The number of amides is 1. The quantitative estimate of drug-likeness (QED) is 0.755. The van der Waals surface area contributed by atoms with E-state index in [-0.39, 0.29) is 29.3 Å². The lowest BCUT2D eigenvalue weighted by atomic mass is 10.2. The first kappa shape index (κ1) is 17.5. The molecular formula is C15H15BrF3N3OS. The van der Waals surface area contributed by atoms with Gasteiger partial charge in [0, 0.05) is 17.2 Å². The summed E-state index contributed by atoms with van der Waals surface area (Å²) in [6, 6.07) is 3.81. The number of aromatic nitrogens is 2. The fourth-order valence-electron chi connectivity index (χ4n) is 2.45. The zero-order valence-electron chi connectivity index (χ0n) is 12.6. The third-order valence-corrected chi connectivity index (χ3v) is 5.41. The molecule has 0 atom stereocenters. The predicted octanol–water partition coefficient (Wildman–Crippen LogP) is 4.31. The van der Waals surface area contributed by atoms with Crippen LogP contribution >= 0.6 is 27.3 Å². The smallest absolute Gasteiger partial charge is 0.351 e. The van der Waals surface area contributed by atoms with Gasteiger partial charge in [0.25, 0.3) is 0 Å². The van der Waals surface area contributed by atoms with Crippen molar-refractivity contribution in [1.29, 1.82) is 0 Å². The molecule has 24 heavy (non-hydrogen) atoms. The van der Waals surface area contributed by atoms with E-state index in [1.807, 2.05) is 17.5 Å². The normalized spacial score (nSPS) is 14.8. The molecule has 4 nitrogen and oxygen atoms in total. The molecule has 1 fully saturated rings. The SMILES string of the molecule is O=C(CCn1nc(C(F)(F)F)c(Br)c1C1CC1)NCc1cccs1. The number of rotatable bonds is 6. The molecule has 0 saturated heterocycles. The number of thiophene rings is 1. The lowest BCUT2D eigenvalue weighted by Crippen LogP contribution is -2.24. The van der Waals surface area contributed by atoms with Crippen LogP contribution in [0.15, 0.2) is 22.0 Å². The Hall–Kier alpha value is -1.35. The first-order valence-electron chi connectivity index (χ1n) is 7.48. The molecule has 2 heterocycles. The van der Waals surface area contributed by atoms with Crippen molar-refractivity contribution in [2.45, 2.75) is 44.4 Å². The van der Waals surface area contributed by atoms with Gasteiger partial charge in [0.05, 0.1) is 23.3 Å². The minimum absolute atomic E-state index is 0.0106. The van der Waals surface area contributed by atoms with Crippen molar-refractivity contribution < 1.29 is 18.0 Å². The summed E-state index contributed by atoms with van der Waals surface area (Å²) in [5.74, 6) is -0.109. The molecule has 130 valence electrons. The molecule has 1 saturated carbocycles. The average molecular weight is 422 g/mol. The van der Waals surface area contributed by atoms with Crippen LogP contribution in [-0.2, 0) is 24.1 Å². The Bertz CT molecular complexity index is 723. The number of carbonyl (C=O) groups is 1. The molecule has 0 spiro atoms. The summed E-state index contributed by atoms with van der Waals surface area (Å²) >= 11 is 4.58. The van der Waals surface area contributed by atoms with Gasteiger partial charge in [0.1, 0.15) is 0 Å². The molecule has 1 N–H and O–H groups in total. The Morgan fingerprint density at radius 3 is 2.79 bits per heavy atom. The molecule has 9 heteroatoms. The fourth-order valence-corrected chi connectivity index (χ4v) is 3.92. The summed E-state index contributed by atoms with van der Waals surface area (Å²) in [7, 11) is 0. The van der Waals surface area contributed by atoms with Gasteiger partial charge in [-0.05, 0) is 40.2 Å². The minimum atomic E-state index is -4.50. The third kappa shape index (κ3) is 4.00. The molecule has 0 aromatic carbocycles. The number of carbonyl (C=O) groups excluding carboxylic acids is 1. The first-order valence-corrected chi connectivity index (χ1v) is 9.16. The summed E-state index contributed by atoms with van der Waals surface area (Å²) in [6.45, 7) is 0.569. The number of aryl methyl sites for hydroxylation is 1. The van der Waals surface area contributed by atoms with E-state index in [1.165, 1.54) is 16.0 Å². The molecule has 1 amide bonds. The van der Waals surface area contributed by atoms with Crippen molar-refractivity contribution >= 4 is 33.2 Å². The second-order valence-electron chi connectivity index (χ2n) is 5.65. The highest BCUT2D eigenvalue weighted by Gasteiger charge is 2.41. The maximum absolute atomic E-state index is 13.0. The van der Waals surface area contributed by atoms with Crippen LogP contribution in [-0.4, -0.2) is 15.7 Å². The van der Waals surface area contributed by atoms with Crippen molar-refractivity contribution in [2.75, 3.05) is 0 Å². The Morgan fingerprint density at radius 1 is 1.46 bits per heavy atom. The monoisotopic (exact) mass is 421 g/mol. The number of hydrogen-bond donors (Lipinski definition) is 1. The second-order valence-corrected chi connectivity index (χ2v) is 7.47. The van der Waals surface area contributed by atoms with E-state index >= 15 is 0 Å². The van der Waals surface area contributed by atoms with Crippen LogP contribution in [0.5, 0.6) is 0 Å². The first-order chi connectivity index (χ1) is 11.4. The maximum atomic E-state index is 13.0. The minimum Gasteiger partial charge on any atom is -0.351 e. The molecule has 1 aliphatic rings. The number of alkyl halides is 3. The van der Waals surface area contributed by atoms with Gasteiger partial charge in [-0.1, -0.05) is 6.07 Å². The van der Waals surface area contributed by atoms with E-state index in [0.717, 1.165) is 17.7 Å². The lowest BCUT2D eigenvalue weighted by molar-refractivity contribution is -0.142. The Labute approximate surface area is 149 Å². The average Bonchev–Trinajstić information content (AvgIpc) is 3.08. The standard InChI is InChI=1S/C15H15BrF3N3OS/c16-12-13(9-3-4-9)22(21-14(12)15(17,18)19)6-5-11(23)20-8-10-2-1-7-24-10/h1-2,7,9H,3-6,8H2,(H,20,23). The third-order valence-electron chi connectivity index (χ3n) is 3.75. The molecule has 0 aliphatic heterocycles. The van der Waals surface area contributed by atoms with Gasteiger partial charge in [0.15, 0.2) is 5.69 Å². The van der Waals surface area contributed by atoms with Gasteiger partial charge < -0.3 is 5.32 Å². The van der Waals surface area contributed by atoms with Gasteiger partial charge in [-0.25, -0.2) is 0 Å². The highest BCUT2D eigenvalue weighted by molar-refractivity contribution is 9.10. The lowest BCUT2D eigenvalue weighted by Gasteiger charge is -2.07. The van der Waals surface area contributed by atoms with Crippen molar-refractivity contribution in [3.05, 3.63) is 38.3 Å². The summed E-state index contributed by atoms with van der Waals surface area (Å²) in [6.07, 6.45) is -2.70. The zero-order chi connectivity index (χ0) is 17.3. The van der Waals surface area contributed by atoms with Crippen LogP contribution in [0.2, 0.25) is 0 Å². The highest BCUT2D eigenvalue weighted by Crippen LogP contribution is 2.46. The van der Waals surface area contributed by atoms with Crippen molar-refractivity contribution in [2.24, 2.45) is 0 Å². The largest absolute Gasteiger partial charge is 0.436 e. The number of halogens is 4.